The van der Waals surface area contributed by atoms with E-state index in [1.807, 2.05) is 0 Å². The number of hydrogen-bond donors (Lipinski definition) is 0. The predicted molar refractivity (Wildman–Crippen MR) is 79.4 cm³/mol. The molecule has 0 saturated heterocycles. The first-order valence-corrected chi connectivity index (χ1v) is 7.61. The highest BCUT2D eigenvalue weighted by atomic mass is 32.1. The number of rotatable bonds is 5. The molecule has 0 bridgehead atoms. The Morgan fingerprint density at radius 1 is 1.25 bits per heavy atom. The van der Waals surface area contributed by atoms with Crippen LogP contribution in [0.15, 0.2) is 24.3 Å². The van der Waals surface area contributed by atoms with Gasteiger partial charge in [-0.2, -0.15) is 13.2 Å². The van der Waals surface area contributed by atoms with E-state index in [-0.39, 0.29) is 22.6 Å². The molecule has 0 aliphatic carbocycles. The average Bonchev–Trinajstić information content (AvgIpc) is 2.96. The molecule has 2 rings (SSSR count). The zero-order valence-corrected chi connectivity index (χ0v) is 13.5. The quantitative estimate of drug-likeness (QED) is 0.757. The van der Waals surface area contributed by atoms with E-state index in [0.29, 0.717) is 5.69 Å². The third-order valence-electron chi connectivity index (χ3n) is 2.86. The van der Waals surface area contributed by atoms with Crippen molar-refractivity contribution in [2.45, 2.75) is 26.1 Å². The number of hydrogen-bond acceptors (Lipinski definition) is 5. The van der Waals surface area contributed by atoms with Gasteiger partial charge in [-0.25, -0.2) is 4.39 Å². The van der Waals surface area contributed by atoms with Gasteiger partial charge >= 0.3 is 6.18 Å². The topological polar surface area (TPSA) is 55.3 Å². The number of ether oxygens (including phenoxy) is 1. The maximum atomic E-state index is 13.0. The van der Waals surface area contributed by atoms with Crippen LogP contribution >= 0.6 is 11.3 Å². The molecule has 0 N–H and O–H groups in total. The maximum absolute atomic E-state index is 13.0. The van der Waals surface area contributed by atoms with Gasteiger partial charge in [0.2, 0.25) is 5.01 Å². The van der Waals surface area contributed by atoms with E-state index in [4.69, 9.17) is 4.74 Å². The summed E-state index contributed by atoms with van der Waals surface area (Å²) in [6, 6.07) is 5.02. The second kappa shape index (κ2) is 7.12. The molecule has 130 valence electrons. The van der Waals surface area contributed by atoms with Crippen molar-refractivity contribution < 1.29 is 27.1 Å². The van der Waals surface area contributed by atoms with E-state index >= 15 is 0 Å². The van der Waals surface area contributed by atoms with E-state index in [1.54, 1.807) is 13.8 Å². The summed E-state index contributed by atoms with van der Waals surface area (Å²) in [5, 5.41) is 4.72. The number of amides is 1. The zero-order chi connectivity index (χ0) is 17.9. The number of halogens is 4. The Bertz CT molecular complexity index is 701. The Morgan fingerprint density at radius 2 is 1.88 bits per heavy atom. The molecule has 10 heteroatoms. The van der Waals surface area contributed by atoms with E-state index < -0.39 is 29.5 Å². The van der Waals surface area contributed by atoms with Crippen molar-refractivity contribution in [3.8, 4) is 5.19 Å². The molecular formula is C14H13F4N3O2S. The Balaban J connectivity index is 2.06. The lowest BCUT2D eigenvalue weighted by atomic mass is 10.3. The minimum atomic E-state index is -4.61. The highest BCUT2D eigenvalue weighted by Crippen LogP contribution is 2.33. The van der Waals surface area contributed by atoms with E-state index in [2.05, 4.69) is 10.2 Å². The van der Waals surface area contributed by atoms with Gasteiger partial charge < -0.3 is 9.64 Å². The number of carbonyl (C=O) groups excluding carboxylic acids is 1. The molecule has 1 aromatic heterocycles. The molecule has 0 aliphatic rings. The summed E-state index contributed by atoms with van der Waals surface area (Å²) in [5.74, 6) is -0.944. The fourth-order valence-electron chi connectivity index (χ4n) is 1.91. The third kappa shape index (κ3) is 4.40. The summed E-state index contributed by atoms with van der Waals surface area (Å²) in [6.45, 7) is 2.98. The number of alkyl halides is 3. The number of nitrogens with zero attached hydrogens (tertiary/aromatic N) is 3. The lowest BCUT2D eigenvalue weighted by Crippen LogP contribution is -2.40. The van der Waals surface area contributed by atoms with Crippen molar-refractivity contribution in [3.05, 3.63) is 35.1 Å². The minimum Gasteiger partial charge on any atom is -0.459 e. The second-order valence-corrected chi connectivity index (χ2v) is 5.93. The Labute approximate surface area is 138 Å². The van der Waals surface area contributed by atoms with E-state index in [9.17, 15) is 22.4 Å². The highest BCUT2D eigenvalue weighted by Gasteiger charge is 2.36. The van der Waals surface area contributed by atoms with Crippen LogP contribution in [0.5, 0.6) is 5.19 Å². The summed E-state index contributed by atoms with van der Waals surface area (Å²) >= 11 is 0.210. The van der Waals surface area contributed by atoms with Gasteiger partial charge in [0, 0.05) is 11.7 Å². The summed E-state index contributed by atoms with van der Waals surface area (Å²) in [4.78, 5) is 13.6. The average molecular weight is 369 g/mol. The predicted octanol–water partition coefficient (Wildman–Crippen LogP) is 3.52. The van der Waals surface area contributed by atoms with Crippen molar-refractivity contribution in [1.29, 1.82) is 0 Å². The Kier molecular flexibility index (Phi) is 5.37. The van der Waals surface area contributed by atoms with Crippen LogP contribution in [0.3, 0.4) is 0 Å². The first kappa shape index (κ1) is 18.1. The van der Waals surface area contributed by atoms with E-state index in [0.717, 1.165) is 0 Å². The summed E-state index contributed by atoms with van der Waals surface area (Å²) in [7, 11) is 0. The Hall–Kier alpha value is -2.23. The number of aromatic nitrogens is 2. The molecule has 0 atom stereocenters. The van der Waals surface area contributed by atoms with Gasteiger partial charge in [0.15, 0.2) is 6.61 Å². The molecular weight excluding hydrogens is 356 g/mol. The molecule has 0 aliphatic heterocycles. The summed E-state index contributed by atoms with van der Waals surface area (Å²) < 4.78 is 55.3. The van der Waals surface area contributed by atoms with Gasteiger partial charge in [-0.15, -0.1) is 5.10 Å². The van der Waals surface area contributed by atoms with Gasteiger partial charge in [-0.3, -0.25) is 4.79 Å². The molecule has 0 fully saturated rings. The van der Waals surface area contributed by atoms with Gasteiger partial charge in [0.25, 0.3) is 11.1 Å². The molecule has 1 heterocycles. The van der Waals surface area contributed by atoms with E-state index in [1.165, 1.54) is 29.2 Å². The van der Waals surface area contributed by atoms with Crippen LogP contribution in [-0.4, -0.2) is 28.8 Å². The van der Waals surface area contributed by atoms with Crippen LogP contribution in [0.2, 0.25) is 0 Å². The third-order valence-corrected chi connectivity index (χ3v) is 3.74. The number of carbonyl (C=O) groups is 1. The first-order chi connectivity index (χ1) is 11.2. The lowest BCUT2D eigenvalue weighted by Gasteiger charge is -2.26. The van der Waals surface area contributed by atoms with Crippen LogP contribution < -0.4 is 9.64 Å². The fourth-order valence-corrected chi connectivity index (χ4v) is 2.47. The smallest absolute Gasteiger partial charge is 0.445 e. The lowest BCUT2D eigenvalue weighted by molar-refractivity contribution is -0.138. The van der Waals surface area contributed by atoms with Crippen LogP contribution in [0, 0.1) is 5.82 Å². The van der Waals surface area contributed by atoms with Crippen molar-refractivity contribution in [2.24, 2.45) is 0 Å². The van der Waals surface area contributed by atoms with Crippen molar-refractivity contribution >= 4 is 22.9 Å². The molecule has 0 unspecified atom stereocenters. The molecule has 5 nitrogen and oxygen atoms in total. The molecule has 0 saturated carbocycles. The molecule has 0 spiro atoms. The highest BCUT2D eigenvalue weighted by molar-refractivity contribution is 7.13. The maximum Gasteiger partial charge on any atom is 0.445 e. The Morgan fingerprint density at radius 3 is 2.38 bits per heavy atom. The number of anilines is 1. The van der Waals surface area contributed by atoms with Crippen LogP contribution in [-0.2, 0) is 11.0 Å². The number of benzene rings is 1. The normalized spacial score (nSPS) is 11.6. The molecule has 24 heavy (non-hydrogen) atoms. The monoisotopic (exact) mass is 369 g/mol. The van der Waals surface area contributed by atoms with Gasteiger partial charge in [-0.05, 0) is 38.1 Å². The van der Waals surface area contributed by atoms with Crippen molar-refractivity contribution in [1.82, 2.24) is 10.2 Å². The van der Waals surface area contributed by atoms with Gasteiger partial charge in [0.05, 0.1) is 0 Å². The standard InChI is InChI=1S/C14H13F4N3O2S/c1-8(2)21(10-5-3-9(15)4-6-10)11(22)7-23-13-20-19-12(24-13)14(16,17)18/h3-6,8H,7H2,1-2H3/i3+1,4+1,5+1,6+1,9+1,10+1. The van der Waals surface area contributed by atoms with Gasteiger partial charge in [-0.1, -0.05) is 16.4 Å². The second-order valence-electron chi connectivity index (χ2n) is 4.99. The SMILES string of the molecule is CC(C)N(C(=O)COc1nnc(C(F)(F)F)s1)[13c]1[13cH][13cH][13c](F)[13cH][13cH]1. The summed E-state index contributed by atoms with van der Waals surface area (Å²) in [6.07, 6.45) is -4.61. The molecule has 1 amide bonds. The molecule has 2 aromatic rings. The minimum absolute atomic E-state index is 0.210. The van der Waals surface area contributed by atoms with Crippen molar-refractivity contribution in [3.63, 3.8) is 0 Å². The van der Waals surface area contributed by atoms with Crippen molar-refractivity contribution in [2.75, 3.05) is 11.5 Å². The summed E-state index contributed by atoms with van der Waals surface area (Å²) in [5.41, 5.74) is 0.452. The van der Waals surface area contributed by atoms with Gasteiger partial charge in [0.1, 0.15) is 5.82 Å². The van der Waals surface area contributed by atoms with Crippen LogP contribution in [0.4, 0.5) is 23.2 Å². The fraction of sp³-hybridized carbons (Fsp3) is 0.357. The van der Waals surface area contributed by atoms with Crippen LogP contribution in [0.25, 0.3) is 0 Å². The zero-order valence-electron chi connectivity index (χ0n) is 12.7. The molecule has 1 aromatic carbocycles. The first-order valence-electron chi connectivity index (χ1n) is 6.79. The largest absolute Gasteiger partial charge is 0.459 e. The molecule has 0 radical (unpaired) electrons. The van der Waals surface area contributed by atoms with Crippen LogP contribution in [0.1, 0.15) is 18.9 Å².